The van der Waals surface area contributed by atoms with Crippen LogP contribution in [-0.4, -0.2) is 5.11 Å². The number of aromatic hydroxyl groups is 1. The van der Waals surface area contributed by atoms with Crippen LogP contribution in [0.5, 0.6) is 5.75 Å². The van der Waals surface area contributed by atoms with Crippen molar-refractivity contribution >= 4 is 11.3 Å². The average Bonchev–Trinajstić information content (AvgIpc) is 2.69. The lowest BCUT2D eigenvalue weighted by atomic mass is 10.1. The summed E-state index contributed by atoms with van der Waals surface area (Å²) in [6.45, 7) is 0. The Bertz CT molecular complexity index is 457. The summed E-state index contributed by atoms with van der Waals surface area (Å²) in [5, 5.41) is 11.2. The van der Waals surface area contributed by atoms with Crippen LogP contribution in [0.4, 0.5) is 8.78 Å². The van der Waals surface area contributed by atoms with Gasteiger partial charge in [-0.25, -0.2) is 8.78 Å². The highest BCUT2D eigenvalue weighted by molar-refractivity contribution is 7.13. The molecule has 0 saturated carbocycles. The van der Waals surface area contributed by atoms with Crippen molar-refractivity contribution in [3.63, 3.8) is 0 Å². The number of hydrogen-bond acceptors (Lipinski definition) is 2. The highest BCUT2D eigenvalue weighted by atomic mass is 32.1. The molecule has 0 aliphatic heterocycles. The fourth-order valence-electron chi connectivity index (χ4n) is 1.35. The second-order valence-corrected chi connectivity index (χ2v) is 4.04. The molecule has 1 heterocycles. The molecule has 1 nitrogen and oxygen atoms in total. The van der Waals surface area contributed by atoms with Crippen molar-refractivity contribution in [2.24, 2.45) is 0 Å². The van der Waals surface area contributed by atoms with E-state index in [2.05, 4.69) is 0 Å². The first kappa shape index (κ1) is 10.1. The van der Waals surface area contributed by atoms with E-state index in [1.165, 1.54) is 23.5 Å². The summed E-state index contributed by atoms with van der Waals surface area (Å²) < 4.78 is 24.9. The van der Waals surface area contributed by atoms with Gasteiger partial charge in [0.25, 0.3) is 6.43 Å². The third-order valence-electron chi connectivity index (χ3n) is 2.00. The van der Waals surface area contributed by atoms with E-state index in [9.17, 15) is 13.9 Å². The molecule has 0 saturated heterocycles. The number of thiophene rings is 1. The molecule has 0 atom stereocenters. The average molecular weight is 227 g/mol. The third-order valence-corrected chi connectivity index (χ3v) is 2.92. The number of phenolic OH excluding ortho intramolecular Hbond substituents is 1. The molecular weight excluding hydrogens is 218 g/mol. The predicted octanol–water partition coefficient (Wildman–Crippen LogP) is 4.17. The highest BCUT2D eigenvalue weighted by Gasteiger charge is 2.10. The molecule has 4 heteroatoms. The third kappa shape index (κ3) is 2.15. The van der Waals surface area contributed by atoms with Crippen molar-refractivity contribution in [3.8, 4) is 16.2 Å². The zero-order valence-electron chi connectivity index (χ0n) is 8.65. The Hall–Kier alpha value is -1.42. The Kier molecular flexibility index (Phi) is 2.68. The molecule has 0 spiro atoms. The van der Waals surface area contributed by atoms with Gasteiger partial charge in [0.05, 0.1) is 0 Å². The lowest BCUT2D eigenvalue weighted by Crippen LogP contribution is -1.84. The molecule has 0 aliphatic rings. The van der Waals surface area contributed by atoms with Crippen LogP contribution >= 0.6 is 11.3 Å². The van der Waals surface area contributed by atoms with E-state index < -0.39 is 6.43 Å². The number of benzene rings is 1. The van der Waals surface area contributed by atoms with Crippen molar-refractivity contribution in [1.29, 1.82) is 0 Å². The lowest BCUT2D eigenvalue weighted by molar-refractivity contribution is 0.151. The van der Waals surface area contributed by atoms with Gasteiger partial charge in [-0.2, -0.15) is 0 Å². The highest BCUT2D eigenvalue weighted by Crippen LogP contribution is 2.32. The van der Waals surface area contributed by atoms with Gasteiger partial charge >= 0.3 is 1.43 Å². The van der Waals surface area contributed by atoms with Crippen molar-refractivity contribution in [1.82, 2.24) is 0 Å². The Morgan fingerprint density at radius 1 is 1.27 bits per heavy atom. The molecule has 0 radical (unpaired) electrons. The van der Waals surface area contributed by atoms with Crippen molar-refractivity contribution in [2.45, 2.75) is 6.43 Å². The second kappa shape index (κ2) is 3.98. The van der Waals surface area contributed by atoms with E-state index in [1.807, 2.05) is 17.5 Å². The predicted molar refractivity (Wildman–Crippen MR) is 57.5 cm³/mol. The van der Waals surface area contributed by atoms with E-state index in [0.29, 0.717) is 5.56 Å². The molecule has 2 aromatic rings. The summed E-state index contributed by atoms with van der Waals surface area (Å²) in [5.74, 6) is -0.129. The quantitative estimate of drug-likeness (QED) is 0.816. The van der Waals surface area contributed by atoms with Gasteiger partial charge in [0.2, 0.25) is 0 Å². The van der Waals surface area contributed by atoms with Gasteiger partial charge in [0.1, 0.15) is 5.75 Å². The van der Waals surface area contributed by atoms with Gasteiger partial charge in [-0.15, -0.1) is 11.3 Å². The molecule has 0 fully saturated rings. The Balaban J connectivity index is 0.00000128. The fourth-order valence-corrected chi connectivity index (χ4v) is 2.06. The van der Waals surface area contributed by atoms with Crippen molar-refractivity contribution in [3.05, 3.63) is 41.3 Å². The molecule has 1 N–H and O–H groups in total. The van der Waals surface area contributed by atoms with Crippen LogP contribution in [0.3, 0.4) is 0 Å². The minimum absolute atomic E-state index is 0. The maximum atomic E-state index is 12.5. The number of hydrogen-bond donors (Lipinski definition) is 1. The molecular formula is C11H9F2OS+. The van der Waals surface area contributed by atoms with E-state index in [0.717, 1.165) is 10.9 Å². The monoisotopic (exact) mass is 227 g/mol. The molecule has 15 heavy (non-hydrogen) atoms. The Morgan fingerprint density at radius 2 is 2.07 bits per heavy atom. The zero-order chi connectivity index (χ0) is 10.8. The second-order valence-electron chi connectivity index (χ2n) is 3.09. The summed E-state index contributed by atoms with van der Waals surface area (Å²) in [5.41, 5.74) is 0.471. The number of halogens is 2. The van der Waals surface area contributed by atoms with Gasteiger partial charge in [-0.05, 0) is 35.2 Å². The van der Waals surface area contributed by atoms with E-state index >= 15 is 0 Å². The Morgan fingerprint density at radius 3 is 2.67 bits per heavy atom. The first-order valence-corrected chi connectivity index (χ1v) is 5.21. The van der Waals surface area contributed by atoms with Crippen molar-refractivity contribution < 1.29 is 15.3 Å². The smallest absolute Gasteiger partial charge is 0.508 e. The van der Waals surface area contributed by atoms with Gasteiger partial charge < -0.3 is 5.11 Å². The molecule has 78 valence electrons. The molecule has 0 bridgehead atoms. The minimum atomic E-state index is -2.56. The molecule has 2 rings (SSSR count). The van der Waals surface area contributed by atoms with Gasteiger partial charge in [-0.1, -0.05) is 6.07 Å². The maximum absolute atomic E-state index is 12.5. The first-order valence-electron chi connectivity index (χ1n) is 4.33. The standard InChI is InChI=1S/C11H8F2OS/c12-11(13)8-4-7(5-9(14)6-8)10-2-1-3-15-10/h1-6,11,14H/p+1. The summed E-state index contributed by atoms with van der Waals surface area (Å²) in [7, 11) is 0. The van der Waals surface area contributed by atoms with Gasteiger partial charge in [0, 0.05) is 10.4 Å². The van der Waals surface area contributed by atoms with Crippen LogP contribution in [0.1, 0.15) is 13.4 Å². The summed E-state index contributed by atoms with van der Waals surface area (Å²) in [6.07, 6.45) is -2.56. The van der Waals surface area contributed by atoms with E-state index in [1.54, 1.807) is 0 Å². The first-order chi connectivity index (χ1) is 7.16. The summed E-state index contributed by atoms with van der Waals surface area (Å²) in [6, 6.07) is 7.64. The van der Waals surface area contributed by atoms with Crippen LogP contribution in [0, 0.1) is 0 Å². The van der Waals surface area contributed by atoms with Gasteiger partial charge in [0.15, 0.2) is 0 Å². The minimum Gasteiger partial charge on any atom is -0.508 e. The van der Waals surface area contributed by atoms with E-state index in [4.69, 9.17) is 0 Å². The SMILES string of the molecule is Oc1cc(-c2cccs2)cc(C(F)F)c1.[H+]. The van der Waals surface area contributed by atoms with Crippen LogP contribution in [-0.2, 0) is 0 Å². The molecule has 0 amide bonds. The maximum Gasteiger partial charge on any atom is 1.00 e. The fraction of sp³-hybridized carbons (Fsp3) is 0.0909. The van der Waals surface area contributed by atoms with Crippen molar-refractivity contribution in [2.75, 3.05) is 0 Å². The van der Waals surface area contributed by atoms with Crippen LogP contribution in [0.15, 0.2) is 35.7 Å². The zero-order valence-corrected chi connectivity index (χ0v) is 8.47. The van der Waals surface area contributed by atoms with Crippen LogP contribution < -0.4 is 0 Å². The number of alkyl halides is 2. The molecule has 0 unspecified atom stereocenters. The number of rotatable bonds is 2. The lowest BCUT2D eigenvalue weighted by Gasteiger charge is -2.04. The van der Waals surface area contributed by atoms with Crippen LogP contribution in [0.2, 0.25) is 0 Å². The molecule has 0 aliphatic carbocycles. The Labute approximate surface area is 91.1 Å². The summed E-state index contributed by atoms with van der Waals surface area (Å²) >= 11 is 1.45. The molecule has 1 aromatic heterocycles. The summed E-state index contributed by atoms with van der Waals surface area (Å²) in [4.78, 5) is 0.868. The largest absolute Gasteiger partial charge is 1.00 e. The topological polar surface area (TPSA) is 20.2 Å². The van der Waals surface area contributed by atoms with E-state index in [-0.39, 0.29) is 12.7 Å². The van der Waals surface area contributed by atoms with Crippen LogP contribution in [0.25, 0.3) is 10.4 Å². The van der Waals surface area contributed by atoms with Gasteiger partial charge in [-0.3, -0.25) is 0 Å². The normalized spacial score (nSPS) is 10.9. The number of phenols is 1. The molecule has 1 aromatic carbocycles.